The average molecular weight is 547 g/mol. The number of aromatic nitrogens is 3. The number of anilines is 1. The molecule has 0 aliphatic heterocycles. The number of rotatable bonds is 8. The van der Waals surface area contributed by atoms with Crippen molar-refractivity contribution in [2.75, 3.05) is 5.32 Å². The van der Waals surface area contributed by atoms with E-state index in [1.807, 2.05) is 88.4 Å². The first-order valence-electron chi connectivity index (χ1n) is 13.7. The molecular formula is C34H34N4O3. The van der Waals surface area contributed by atoms with Crippen molar-refractivity contribution < 1.29 is 14.3 Å². The molecule has 2 heterocycles. The number of fused-ring (bicyclic) bond motifs is 1. The van der Waals surface area contributed by atoms with Crippen molar-refractivity contribution in [2.45, 2.75) is 52.9 Å². The summed E-state index contributed by atoms with van der Waals surface area (Å²) in [5.41, 5.74) is 5.24. The lowest BCUT2D eigenvalue weighted by Gasteiger charge is -2.23. The smallest absolute Gasteiger partial charge is 0.340 e. The van der Waals surface area contributed by atoms with Gasteiger partial charge < -0.3 is 14.8 Å². The molecule has 3 aromatic carbocycles. The highest BCUT2D eigenvalue weighted by molar-refractivity contribution is 5.96. The fraction of sp³-hybridized carbons (Fsp3) is 0.235. The van der Waals surface area contributed by atoms with Crippen LogP contribution in [0.5, 0.6) is 5.88 Å². The summed E-state index contributed by atoms with van der Waals surface area (Å²) in [6.07, 6.45) is 3.45. The number of nitrogens with zero attached hydrogens (tertiary/aromatic N) is 3. The van der Waals surface area contributed by atoms with Crippen LogP contribution in [0.15, 0.2) is 91.3 Å². The van der Waals surface area contributed by atoms with Crippen molar-refractivity contribution in [2.24, 2.45) is 0 Å². The largest absolute Gasteiger partial charge is 0.472 e. The molecule has 1 unspecified atom stereocenters. The maximum atomic E-state index is 13.0. The number of aryl methyl sites for hydroxylation is 1. The Hall–Kier alpha value is -4.78. The fourth-order valence-corrected chi connectivity index (χ4v) is 4.61. The van der Waals surface area contributed by atoms with Gasteiger partial charge in [-0.2, -0.15) is 4.98 Å². The van der Waals surface area contributed by atoms with Gasteiger partial charge in [-0.05, 0) is 76.1 Å². The molecule has 0 bridgehead atoms. The van der Waals surface area contributed by atoms with Gasteiger partial charge in [-0.15, -0.1) is 0 Å². The first-order valence-corrected chi connectivity index (χ1v) is 13.7. The highest BCUT2D eigenvalue weighted by Crippen LogP contribution is 2.34. The predicted octanol–water partition coefficient (Wildman–Crippen LogP) is 7.71. The maximum Gasteiger partial charge on any atom is 0.340 e. The Kier molecular flexibility index (Phi) is 7.97. The zero-order chi connectivity index (χ0) is 29.0. The number of pyridine rings is 1. The monoisotopic (exact) mass is 546 g/mol. The van der Waals surface area contributed by atoms with E-state index in [0.29, 0.717) is 29.6 Å². The zero-order valence-electron chi connectivity index (χ0n) is 24.0. The lowest BCUT2D eigenvalue weighted by Crippen LogP contribution is -2.24. The van der Waals surface area contributed by atoms with Gasteiger partial charge in [-0.3, -0.25) is 4.98 Å². The van der Waals surface area contributed by atoms with Crippen LogP contribution >= 0.6 is 0 Å². The molecule has 5 aromatic rings. The van der Waals surface area contributed by atoms with Crippen LogP contribution in [-0.4, -0.2) is 26.5 Å². The van der Waals surface area contributed by atoms with Crippen LogP contribution < -0.4 is 10.1 Å². The van der Waals surface area contributed by atoms with E-state index in [1.165, 1.54) is 0 Å². The zero-order valence-corrected chi connectivity index (χ0v) is 24.0. The van der Waals surface area contributed by atoms with Gasteiger partial charge in [0.25, 0.3) is 0 Å². The predicted molar refractivity (Wildman–Crippen MR) is 162 cm³/mol. The second-order valence-corrected chi connectivity index (χ2v) is 11.0. The Bertz CT molecular complexity index is 1670. The van der Waals surface area contributed by atoms with Crippen LogP contribution in [0.3, 0.4) is 0 Å². The third kappa shape index (κ3) is 6.69. The molecule has 0 saturated carbocycles. The second-order valence-electron chi connectivity index (χ2n) is 11.0. The van der Waals surface area contributed by atoms with Gasteiger partial charge in [0.1, 0.15) is 12.2 Å². The van der Waals surface area contributed by atoms with Crippen molar-refractivity contribution in [1.82, 2.24) is 15.0 Å². The molecule has 5 rings (SSSR count). The molecule has 0 amide bonds. The van der Waals surface area contributed by atoms with Gasteiger partial charge in [0.15, 0.2) is 5.82 Å². The Morgan fingerprint density at radius 3 is 2.37 bits per heavy atom. The van der Waals surface area contributed by atoms with E-state index in [0.717, 1.165) is 33.2 Å². The number of carbonyl (C=O) groups is 1. The summed E-state index contributed by atoms with van der Waals surface area (Å²) in [7, 11) is 0. The molecular weight excluding hydrogens is 512 g/mol. The standard InChI is InChI=1S/C34H34N4O3/c1-22-19-27(23(2)36-29-14-10-9-13-26(29)33(39)41-34(3,4)5)30-28(20-22)32(40-21-24-11-7-6-8-12-24)38-31(37-30)25-15-17-35-18-16-25/h6-20,23,36H,21H2,1-5H3. The van der Waals surface area contributed by atoms with E-state index in [9.17, 15) is 4.79 Å². The SMILES string of the molecule is Cc1cc(C(C)Nc2ccccc2C(=O)OC(C)(C)C)c2nc(-c3ccncc3)nc(OCc3ccccc3)c2c1. The molecule has 0 spiro atoms. The molecule has 0 aliphatic rings. The molecule has 41 heavy (non-hydrogen) atoms. The lowest BCUT2D eigenvalue weighted by atomic mass is 10.00. The van der Waals surface area contributed by atoms with E-state index >= 15 is 0 Å². The molecule has 7 heteroatoms. The van der Waals surface area contributed by atoms with E-state index in [4.69, 9.17) is 19.4 Å². The third-order valence-electron chi connectivity index (χ3n) is 6.48. The van der Waals surface area contributed by atoms with Crippen LogP contribution in [0.2, 0.25) is 0 Å². The minimum absolute atomic E-state index is 0.205. The number of benzene rings is 3. The van der Waals surface area contributed by atoms with Gasteiger partial charge in [0, 0.05) is 29.2 Å². The summed E-state index contributed by atoms with van der Waals surface area (Å²) in [6, 6.07) is 25.1. The van der Waals surface area contributed by atoms with Crippen molar-refractivity contribution in [3.8, 4) is 17.3 Å². The fourth-order valence-electron chi connectivity index (χ4n) is 4.61. The van der Waals surface area contributed by atoms with Gasteiger partial charge in [0.05, 0.1) is 22.5 Å². The average Bonchev–Trinajstić information content (AvgIpc) is 2.96. The Balaban J connectivity index is 1.57. The quantitative estimate of drug-likeness (QED) is 0.200. The van der Waals surface area contributed by atoms with Gasteiger partial charge in [-0.25, -0.2) is 9.78 Å². The third-order valence-corrected chi connectivity index (χ3v) is 6.48. The maximum absolute atomic E-state index is 13.0. The number of hydrogen-bond acceptors (Lipinski definition) is 7. The summed E-state index contributed by atoms with van der Waals surface area (Å²) >= 11 is 0. The van der Waals surface area contributed by atoms with Crippen molar-refractivity contribution in [1.29, 1.82) is 0 Å². The summed E-state index contributed by atoms with van der Waals surface area (Å²) in [6.45, 7) is 10.1. The highest BCUT2D eigenvalue weighted by atomic mass is 16.6. The number of ether oxygens (including phenoxy) is 2. The molecule has 0 aliphatic carbocycles. The molecule has 2 aromatic heterocycles. The van der Waals surface area contributed by atoms with Crippen molar-refractivity contribution in [3.05, 3.63) is 114 Å². The van der Waals surface area contributed by atoms with E-state index in [1.54, 1.807) is 18.5 Å². The van der Waals surface area contributed by atoms with Crippen molar-refractivity contribution in [3.63, 3.8) is 0 Å². The molecule has 208 valence electrons. The summed E-state index contributed by atoms with van der Waals surface area (Å²) in [5, 5.41) is 4.36. The molecule has 0 radical (unpaired) electrons. The highest BCUT2D eigenvalue weighted by Gasteiger charge is 2.23. The Morgan fingerprint density at radius 2 is 1.63 bits per heavy atom. The van der Waals surface area contributed by atoms with Crippen LogP contribution in [0, 0.1) is 6.92 Å². The lowest BCUT2D eigenvalue weighted by molar-refractivity contribution is 0.00706. The minimum Gasteiger partial charge on any atom is -0.472 e. The number of para-hydroxylation sites is 1. The summed E-state index contributed by atoms with van der Waals surface area (Å²) < 4.78 is 12.0. The van der Waals surface area contributed by atoms with Crippen LogP contribution in [-0.2, 0) is 11.3 Å². The second kappa shape index (κ2) is 11.8. The summed E-state index contributed by atoms with van der Waals surface area (Å²) in [5.74, 6) is 0.687. The molecule has 0 fully saturated rings. The van der Waals surface area contributed by atoms with Crippen molar-refractivity contribution >= 4 is 22.6 Å². The first kappa shape index (κ1) is 27.8. The van der Waals surface area contributed by atoms with Gasteiger partial charge in [-0.1, -0.05) is 48.5 Å². The normalized spacial score (nSPS) is 12.1. The number of carbonyl (C=O) groups excluding carboxylic acids is 1. The van der Waals surface area contributed by atoms with E-state index in [2.05, 4.69) is 29.4 Å². The number of esters is 1. The molecule has 0 saturated heterocycles. The van der Waals surface area contributed by atoms with Crippen LogP contribution in [0.4, 0.5) is 5.69 Å². The Labute approximate surface area is 240 Å². The minimum atomic E-state index is -0.598. The Morgan fingerprint density at radius 1 is 0.927 bits per heavy atom. The first-order chi connectivity index (χ1) is 19.7. The molecule has 1 N–H and O–H groups in total. The van der Waals surface area contributed by atoms with Gasteiger partial charge >= 0.3 is 5.97 Å². The molecule has 1 atom stereocenters. The molecule has 7 nitrogen and oxygen atoms in total. The summed E-state index contributed by atoms with van der Waals surface area (Å²) in [4.78, 5) is 27.0. The topological polar surface area (TPSA) is 86.2 Å². The van der Waals surface area contributed by atoms with Gasteiger partial charge in [0.2, 0.25) is 5.88 Å². The van der Waals surface area contributed by atoms with E-state index in [-0.39, 0.29) is 12.0 Å². The number of hydrogen-bond donors (Lipinski definition) is 1. The number of nitrogens with one attached hydrogen (secondary N) is 1. The van der Waals surface area contributed by atoms with Crippen LogP contribution in [0.25, 0.3) is 22.3 Å². The van der Waals surface area contributed by atoms with E-state index < -0.39 is 5.60 Å². The van der Waals surface area contributed by atoms with Crippen LogP contribution in [0.1, 0.15) is 60.8 Å².